The SMILES string of the molecule is Cn1cc(C(=O)NC[C@@](O)(c2ccccc2)C2CC2)nn1. The summed E-state index contributed by atoms with van der Waals surface area (Å²) >= 11 is 0. The molecule has 0 saturated heterocycles. The molecule has 1 heterocycles. The summed E-state index contributed by atoms with van der Waals surface area (Å²) < 4.78 is 1.47. The van der Waals surface area contributed by atoms with Crippen LogP contribution in [0.4, 0.5) is 0 Å². The first kappa shape index (κ1) is 13.8. The molecule has 1 aliphatic rings. The number of carbonyl (C=O) groups excluding carboxylic acids is 1. The lowest BCUT2D eigenvalue weighted by Gasteiger charge is -2.29. The van der Waals surface area contributed by atoms with Gasteiger partial charge in [0.05, 0.1) is 12.7 Å². The molecule has 1 amide bonds. The predicted molar refractivity (Wildman–Crippen MR) is 76.4 cm³/mol. The first-order valence-corrected chi connectivity index (χ1v) is 7.02. The first-order valence-electron chi connectivity index (χ1n) is 7.02. The van der Waals surface area contributed by atoms with Crippen LogP contribution in [0.2, 0.25) is 0 Å². The minimum Gasteiger partial charge on any atom is -0.383 e. The molecule has 0 aliphatic heterocycles. The van der Waals surface area contributed by atoms with E-state index in [2.05, 4.69) is 15.6 Å². The lowest BCUT2D eigenvalue weighted by Crippen LogP contribution is -2.42. The van der Waals surface area contributed by atoms with E-state index in [0.717, 1.165) is 18.4 Å². The molecule has 1 aliphatic carbocycles. The highest BCUT2D eigenvalue weighted by Crippen LogP contribution is 2.45. The molecular weight excluding hydrogens is 268 g/mol. The van der Waals surface area contributed by atoms with Crippen molar-refractivity contribution in [2.24, 2.45) is 13.0 Å². The largest absolute Gasteiger partial charge is 0.383 e. The van der Waals surface area contributed by atoms with Crippen molar-refractivity contribution in [2.45, 2.75) is 18.4 Å². The van der Waals surface area contributed by atoms with Crippen LogP contribution in [0.25, 0.3) is 0 Å². The number of amides is 1. The monoisotopic (exact) mass is 286 g/mol. The number of benzene rings is 1. The molecule has 1 atom stereocenters. The maximum absolute atomic E-state index is 12.0. The van der Waals surface area contributed by atoms with Gasteiger partial charge in [-0.1, -0.05) is 35.5 Å². The van der Waals surface area contributed by atoms with Crippen molar-refractivity contribution in [3.63, 3.8) is 0 Å². The van der Waals surface area contributed by atoms with E-state index in [9.17, 15) is 9.90 Å². The first-order chi connectivity index (χ1) is 10.1. The highest BCUT2D eigenvalue weighted by atomic mass is 16.3. The Labute approximate surface area is 122 Å². The van der Waals surface area contributed by atoms with Gasteiger partial charge in [0.15, 0.2) is 5.69 Å². The van der Waals surface area contributed by atoms with Crippen LogP contribution in [-0.2, 0) is 12.6 Å². The van der Waals surface area contributed by atoms with Gasteiger partial charge in [-0.15, -0.1) is 5.10 Å². The van der Waals surface area contributed by atoms with E-state index in [0.29, 0.717) is 0 Å². The number of nitrogens with zero attached hydrogens (tertiary/aromatic N) is 3. The number of hydrogen-bond acceptors (Lipinski definition) is 4. The van der Waals surface area contributed by atoms with Crippen molar-refractivity contribution >= 4 is 5.91 Å². The molecule has 1 aromatic heterocycles. The van der Waals surface area contributed by atoms with Crippen LogP contribution in [-0.4, -0.2) is 32.6 Å². The Morgan fingerprint density at radius 1 is 1.43 bits per heavy atom. The molecule has 1 aromatic carbocycles. The molecule has 0 bridgehead atoms. The predicted octanol–water partition coefficient (Wildman–Crippen LogP) is 0.843. The van der Waals surface area contributed by atoms with Gasteiger partial charge in [-0.3, -0.25) is 9.48 Å². The topological polar surface area (TPSA) is 80.0 Å². The number of nitrogens with one attached hydrogen (secondary N) is 1. The molecule has 6 heteroatoms. The van der Waals surface area contributed by atoms with Crippen molar-refractivity contribution < 1.29 is 9.90 Å². The van der Waals surface area contributed by atoms with Crippen LogP contribution in [0, 0.1) is 5.92 Å². The van der Waals surface area contributed by atoms with E-state index in [1.807, 2.05) is 30.3 Å². The average Bonchev–Trinajstić information content (AvgIpc) is 3.28. The zero-order chi connectivity index (χ0) is 14.9. The molecule has 6 nitrogen and oxygen atoms in total. The Kier molecular flexibility index (Phi) is 3.47. The zero-order valence-corrected chi connectivity index (χ0v) is 11.9. The summed E-state index contributed by atoms with van der Waals surface area (Å²) in [4.78, 5) is 12.0. The van der Waals surface area contributed by atoms with Crippen LogP contribution in [0.15, 0.2) is 36.5 Å². The van der Waals surface area contributed by atoms with Gasteiger partial charge in [-0.25, -0.2) is 0 Å². The minimum absolute atomic E-state index is 0.178. The summed E-state index contributed by atoms with van der Waals surface area (Å²) in [6.45, 7) is 0.178. The molecule has 3 rings (SSSR count). The summed E-state index contributed by atoms with van der Waals surface area (Å²) in [5.74, 6) is -0.125. The second-order valence-electron chi connectivity index (χ2n) is 5.52. The molecule has 21 heavy (non-hydrogen) atoms. The second-order valence-corrected chi connectivity index (χ2v) is 5.52. The molecule has 0 spiro atoms. The van der Waals surface area contributed by atoms with E-state index in [-0.39, 0.29) is 24.1 Å². The van der Waals surface area contributed by atoms with E-state index in [1.54, 1.807) is 13.2 Å². The molecule has 110 valence electrons. The van der Waals surface area contributed by atoms with E-state index in [1.165, 1.54) is 4.68 Å². The molecule has 1 saturated carbocycles. The fourth-order valence-electron chi connectivity index (χ4n) is 2.53. The third-order valence-electron chi connectivity index (χ3n) is 3.88. The number of aromatic nitrogens is 3. The summed E-state index contributed by atoms with van der Waals surface area (Å²) in [6.07, 6.45) is 3.51. The Bertz CT molecular complexity index is 636. The average molecular weight is 286 g/mol. The van der Waals surface area contributed by atoms with E-state index in [4.69, 9.17) is 0 Å². The summed E-state index contributed by atoms with van der Waals surface area (Å²) in [7, 11) is 1.70. The number of aliphatic hydroxyl groups is 1. The van der Waals surface area contributed by atoms with Crippen LogP contribution in [0.5, 0.6) is 0 Å². The lowest BCUT2D eigenvalue weighted by atomic mass is 9.88. The second kappa shape index (κ2) is 5.29. The number of rotatable bonds is 5. The zero-order valence-electron chi connectivity index (χ0n) is 11.9. The molecule has 1 fully saturated rings. The smallest absolute Gasteiger partial charge is 0.273 e. The third kappa shape index (κ3) is 2.80. The van der Waals surface area contributed by atoms with Crippen molar-refractivity contribution in [2.75, 3.05) is 6.54 Å². The van der Waals surface area contributed by atoms with Gasteiger partial charge in [0.25, 0.3) is 5.91 Å². The third-order valence-corrected chi connectivity index (χ3v) is 3.88. The fraction of sp³-hybridized carbons (Fsp3) is 0.400. The minimum atomic E-state index is -1.01. The van der Waals surface area contributed by atoms with Crippen molar-refractivity contribution in [1.82, 2.24) is 20.3 Å². The Balaban J connectivity index is 1.73. The maximum atomic E-state index is 12.0. The Morgan fingerprint density at radius 3 is 2.71 bits per heavy atom. The van der Waals surface area contributed by atoms with Crippen LogP contribution in [0.1, 0.15) is 28.9 Å². The Hall–Kier alpha value is -2.21. The van der Waals surface area contributed by atoms with Crippen molar-refractivity contribution in [3.05, 3.63) is 47.8 Å². The maximum Gasteiger partial charge on any atom is 0.273 e. The highest BCUT2D eigenvalue weighted by Gasteiger charge is 2.45. The standard InChI is InChI=1S/C15H18N4O2/c1-19-9-13(17-18-19)14(20)16-10-15(21,12-7-8-12)11-5-3-2-4-6-11/h2-6,9,12,21H,7-8,10H2,1H3,(H,16,20)/t15-/m1/s1. The van der Waals surface area contributed by atoms with Gasteiger partial charge >= 0.3 is 0 Å². The fourth-order valence-corrected chi connectivity index (χ4v) is 2.53. The highest BCUT2D eigenvalue weighted by molar-refractivity contribution is 5.91. The summed E-state index contributed by atoms with van der Waals surface area (Å²) in [5, 5.41) is 21.2. The van der Waals surface area contributed by atoms with Gasteiger partial charge in [0.1, 0.15) is 5.60 Å². The molecule has 0 radical (unpaired) electrons. The molecule has 0 unspecified atom stereocenters. The van der Waals surface area contributed by atoms with Gasteiger partial charge in [0.2, 0.25) is 0 Å². The quantitative estimate of drug-likeness (QED) is 0.853. The van der Waals surface area contributed by atoms with Gasteiger partial charge in [-0.2, -0.15) is 0 Å². The van der Waals surface area contributed by atoms with E-state index < -0.39 is 5.60 Å². The normalized spacial score (nSPS) is 17.2. The van der Waals surface area contributed by atoms with Crippen molar-refractivity contribution in [1.29, 1.82) is 0 Å². The van der Waals surface area contributed by atoms with Crippen LogP contribution < -0.4 is 5.32 Å². The summed E-state index contributed by atoms with van der Waals surface area (Å²) in [6, 6.07) is 9.49. The Morgan fingerprint density at radius 2 is 2.14 bits per heavy atom. The number of aryl methyl sites for hydroxylation is 1. The van der Waals surface area contributed by atoms with Crippen LogP contribution in [0.3, 0.4) is 0 Å². The number of hydrogen-bond donors (Lipinski definition) is 2. The van der Waals surface area contributed by atoms with Gasteiger partial charge in [0, 0.05) is 7.05 Å². The van der Waals surface area contributed by atoms with E-state index >= 15 is 0 Å². The molecule has 2 aromatic rings. The molecule has 2 N–H and O–H groups in total. The number of carbonyl (C=O) groups is 1. The summed E-state index contributed by atoms with van der Waals surface area (Å²) in [5.41, 5.74) is 0.0784. The van der Waals surface area contributed by atoms with Gasteiger partial charge < -0.3 is 10.4 Å². The van der Waals surface area contributed by atoms with Crippen LogP contribution >= 0.6 is 0 Å². The molecular formula is C15H18N4O2. The van der Waals surface area contributed by atoms with Crippen molar-refractivity contribution in [3.8, 4) is 0 Å². The van der Waals surface area contributed by atoms with Gasteiger partial charge in [-0.05, 0) is 24.3 Å². The lowest BCUT2D eigenvalue weighted by molar-refractivity contribution is 0.0134.